The number of hydrogen-bond acceptors (Lipinski definition) is 3. The van der Waals surface area contributed by atoms with Crippen LogP contribution in [0.4, 0.5) is 0 Å². The molecule has 3 nitrogen and oxygen atoms in total. The molecular formula is C21H19ClO3S. The fourth-order valence-electron chi connectivity index (χ4n) is 4.40. The number of carbonyl (C=O) groups excluding carboxylic acids is 1. The van der Waals surface area contributed by atoms with Gasteiger partial charge in [-0.3, -0.25) is 4.79 Å². The molecule has 2 aromatic rings. The van der Waals surface area contributed by atoms with Gasteiger partial charge in [0.15, 0.2) is 15.6 Å². The van der Waals surface area contributed by atoms with Crippen LogP contribution in [-0.2, 0) is 14.6 Å². The Morgan fingerprint density at radius 2 is 1.62 bits per heavy atom. The highest BCUT2D eigenvalue weighted by Crippen LogP contribution is 2.53. The van der Waals surface area contributed by atoms with Crippen LogP contribution < -0.4 is 0 Å². The third-order valence-corrected chi connectivity index (χ3v) is 7.43. The number of halogens is 1. The number of hydrogen-bond donors (Lipinski definition) is 0. The Morgan fingerprint density at radius 1 is 0.962 bits per heavy atom. The van der Waals surface area contributed by atoms with Gasteiger partial charge in [0.05, 0.1) is 4.90 Å². The second-order valence-electron chi connectivity index (χ2n) is 7.09. The lowest BCUT2D eigenvalue weighted by atomic mass is 9.77. The molecule has 1 saturated carbocycles. The van der Waals surface area contributed by atoms with Crippen LogP contribution in [-0.4, -0.2) is 20.0 Å². The quantitative estimate of drug-likeness (QED) is 0.720. The lowest BCUT2D eigenvalue weighted by molar-refractivity contribution is -0.121. The van der Waals surface area contributed by atoms with Gasteiger partial charge in [-0.2, -0.15) is 0 Å². The highest BCUT2D eigenvalue weighted by Gasteiger charge is 2.48. The van der Waals surface area contributed by atoms with Gasteiger partial charge >= 0.3 is 0 Å². The fraction of sp³-hybridized carbons (Fsp3) is 0.286. The SMILES string of the molecule is O=C(CS(=O)(=O)c1ccc(Cl)cc1)[C@@H]1[C@@H](c2ccccc2)[C@@H]2C=C[C@H]1C2. The summed E-state index contributed by atoms with van der Waals surface area (Å²) in [7, 11) is -3.67. The van der Waals surface area contributed by atoms with Crippen molar-refractivity contribution in [2.75, 3.05) is 5.75 Å². The average Bonchev–Trinajstić information content (AvgIpc) is 3.24. The molecule has 2 bridgehead atoms. The van der Waals surface area contributed by atoms with Crippen molar-refractivity contribution in [2.24, 2.45) is 17.8 Å². The maximum absolute atomic E-state index is 13.0. The molecule has 0 amide bonds. The lowest BCUT2D eigenvalue weighted by Crippen LogP contribution is -2.31. The number of fused-ring (bicyclic) bond motifs is 2. The van der Waals surface area contributed by atoms with Crippen molar-refractivity contribution in [2.45, 2.75) is 17.2 Å². The summed E-state index contributed by atoms with van der Waals surface area (Å²) in [5.41, 5.74) is 1.12. The predicted molar refractivity (Wildman–Crippen MR) is 102 cm³/mol. The normalized spacial score (nSPS) is 27.0. The van der Waals surface area contributed by atoms with Gasteiger partial charge in [0.1, 0.15) is 5.75 Å². The summed E-state index contributed by atoms with van der Waals surface area (Å²) in [5, 5.41) is 0.470. The molecule has 4 rings (SSSR count). The first kappa shape index (κ1) is 17.5. The Balaban J connectivity index is 1.61. The molecule has 0 aliphatic heterocycles. The molecule has 2 aliphatic carbocycles. The van der Waals surface area contributed by atoms with E-state index in [4.69, 9.17) is 11.6 Å². The Hall–Kier alpha value is -1.91. The minimum Gasteiger partial charge on any atom is -0.298 e. The van der Waals surface area contributed by atoms with Crippen molar-refractivity contribution in [3.63, 3.8) is 0 Å². The lowest BCUT2D eigenvalue weighted by Gasteiger charge is -2.27. The van der Waals surface area contributed by atoms with E-state index in [-0.39, 0.29) is 28.4 Å². The number of carbonyl (C=O) groups is 1. The van der Waals surface area contributed by atoms with Crippen LogP contribution >= 0.6 is 11.6 Å². The smallest absolute Gasteiger partial charge is 0.185 e. The Labute approximate surface area is 158 Å². The number of rotatable bonds is 5. The number of ketones is 1. The average molecular weight is 387 g/mol. The van der Waals surface area contributed by atoms with Crippen molar-refractivity contribution >= 4 is 27.2 Å². The van der Waals surface area contributed by atoms with Crippen LogP contribution in [0.5, 0.6) is 0 Å². The maximum Gasteiger partial charge on any atom is 0.185 e. The molecular weight excluding hydrogens is 368 g/mol. The molecule has 0 spiro atoms. The highest BCUT2D eigenvalue weighted by molar-refractivity contribution is 7.92. The van der Waals surface area contributed by atoms with Crippen LogP contribution in [0.1, 0.15) is 17.9 Å². The van der Waals surface area contributed by atoms with E-state index in [2.05, 4.69) is 12.2 Å². The Kier molecular flexibility index (Phi) is 4.49. The molecule has 134 valence electrons. The molecule has 0 heterocycles. The molecule has 1 fully saturated rings. The van der Waals surface area contributed by atoms with Crippen LogP contribution in [0.25, 0.3) is 0 Å². The first-order chi connectivity index (χ1) is 12.5. The van der Waals surface area contributed by atoms with Crippen molar-refractivity contribution in [1.82, 2.24) is 0 Å². The fourth-order valence-corrected chi connectivity index (χ4v) is 5.81. The van der Waals surface area contributed by atoms with E-state index >= 15 is 0 Å². The number of benzene rings is 2. The summed E-state index contributed by atoms with van der Waals surface area (Å²) in [5.74, 6) is -0.397. The molecule has 0 saturated heterocycles. The van der Waals surface area contributed by atoms with Crippen molar-refractivity contribution < 1.29 is 13.2 Å². The van der Waals surface area contributed by atoms with Gasteiger partial charge in [0.25, 0.3) is 0 Å². The number of allylic oxidation sites excluding steroid dienone is 2. The van der Waals surface area contributed by atoms with Crippen LogP contribution in [0, 0.1) is 17.8 Å². The zero-order valence-corrected chi connectivity index (χ0v) is 15.7. The van der Waals surface area contributed by atoms with Gasteiger partial charge in [-0.1, -0.05) is 54.1 Å². The van der Waals surface area contributed by atoms with Gasteiger partial charge in [-0.15, -0.1) is 0 Å². The standard InChI is InChI=1S/C21H19ClO3S/c22-17-8-10-18(11-9-17)26(24,25)13-19(23)21-16-7-6-15(12-16)20(21)14-4-2-1-3-5-14/h1-11,15-16,20-21H,12-13H2/t15-,16+,20+,21-/m1/s1. The second-order valence-corrected chi connectivity index (χ2v) is 9.52. The van der Waals surface area contributed by atoms with E-state index in [1.165, 1.54) is 24.3 Å². The summed E-state index contributed by atoms with van der Waals surface area (Å²) >= 11 is 5.83. The molecule has 0 radical (unpaired) electrons. The van der Waals surface area contributed by atoms with E-state index in [9.17, 15) is 13.2 Å². The number of sulfone groups is 1. The molecule has 2 aliphatic rings. The molecule has 5 heteroatoms. The topological polar surface area (TPSA) is 51.2 Å². The van der Waals surface area contributed by atoms with Crippen molar-refractivity contribution in [3.8, 4) is 0 Å². The largest absolute Gasteiger partial charge is 0.298 e. The van der Waals surface area contributed by atoms with Gasteiger partial charge in [0.2, 0.25) is 0 Å². The van der Waals surface area contributed by atoms with Gasteiger partial charge < -0.3 is 0 Å². The third-order valence-electron chi connectivity index (χ3n) is 5.52. The third kappa shape index (κ3) is 3.12. The zero-order valence-electron chi connectivity index (χ0n) is 14.1. The van der Waals surface area contributed by atoms with Gasteiger partial charge in [-0.25, -0.2) is 8.42 Å². The first-order valence-electron chi connectivity index (χ1n) is 8.70. The summed E-state index contributed by atoms with van der Waals surface area (Å²) in [6.45, 7) is 0. The van der Waals surface area contributed by atoms with E-state index in [0.717, 1.165) is 12.0 Å². The van der Waals surface area contributed by atoms with Crippen LogP contribution in [0.15, 0.2) is 71.6 Å². The van der Waals surface area contributed by atoms with Crippen molar-refractivity contribution in [3.05, 3.63) is 77.3 Å². The summed E-state index contributed by atoms with van der Waals surface area (Å²) in [6, 6.07) is 15.9. The minimum atomic E-state index is -3.67. The summed E-state index contributed by atoms with van der Waals surface area (Å²) < 4.78 is 25.4. The summed E-state index contributed by atoms with van der Waals surface area (Å²) in [6.07, 6.45) is 5.19. The molecule has 0 unspecified atom stereocenters. The van der Waals surface area contributed by atoms with Crippen molar-refractivity contribution in [1.29, 1.82) is 0 Å². The maximum atomic E-state index is 13.0. The van der Waals surface area contributed by atoms with E-state index < -0.39 is 15.6 Å². The first-order valence-corrected chi connectivity index (χ1v) is 10.7. The van der Waals surface area contributed by atoms with Crippen LogP contribution in [0.2, 0.25) is 5.02 Å². The van der Waals surface area contributed by atoms with Gasteiger partial charge in [0, 0.05) is 16.9 Å². The molecule has 26 heavy (non-hydrogen) atoms. The number of Topliss-reactive ketones (excluding diaryl/α,β-unsaturated/α-hetero) is 1. The molecule has 0 aromatic heterocycles. The van der Waals surface area contributed by atoms with E-state index in [1.54, 1.807) is 0 Å². The molecule has 4 atom stereocenters. The van der Waals surface area contributed by atoms with Crippen LogP contribution in [0.3, 0.4) is 0 Å². The Bertz CT molecular complexity index is 949. The molecule has 2 aromatic carbocycles. The second kappa shape index (κ2) is 6.67. The summed E-state index contributed by atoms with van der Waals surface area (Å²) in [4.78, 5) is 13.2. The predicted octanol–water partition coefficient (Wildman–Crippen LogP) is 4.29. The Morgan fingerprint density at radius 3 is 2.31 bits per heavy atom. The monoisotopic (exact) mass is 386 g/mol. The molecule has 0 N–H and O–H groups in total. The minimum absolute atomic E-state index is 0.0686. The zero-order chi connectivity index (χ0) is 18.3. The van der Waals surface area contributed by atoms with E-state index in [0.29, 0.717) is 10.9 Å². The highest BCUT2D eigenvalue weighted by atomic mass is 35.5. The van der Waals surface area contributed by atoms with E-state index in [1.807, 2.05) is 30.3 Å². The van der Waals surface area contributed by atoms with Gasteiger partial charge in [-0.05, 0) is 48.1 Å².